The molecule has 0 heterocycles. The Morgan fingerprint density at radius 1 is 1.29 bits per heavy atom. The van der Waals surface area contributed by atoms with Crippen molar-refractivity contribution in [3.05, 3.63) is 27.7 Å². The number of nitrogens with two attached hydrogens (primary N) is 1. The van der Waals surface area contributed by atoms with Crippen LogP contribution in [0.25, 0.3) is 0 Å². The molecule has 0 aromatic heterocycles. The number of hydrogen-bond donors (Lipinski definition) is 1. The first-order valence-corrected chi connectivity index (χ1v) is 9.20. The van der Waals surface area contributed by atoms with Crippen LogP contribution in [0.15, 0.2) is 17.0 Å². The monoisotopic (exact) mass is 350 g/mol. The number of nitrogens with zero attached hydrogens (tertiary/aromatic N) is 1. The number of rotatable bonds is 5. The topological polar surface area (TPSA) is 63.4 Å². The lowest BCUT2D eigenvalue weighted by atomic mass is 10.1. The van der Waals surface area contributed by atoms with Gasteiger partial charge in [-0.15, -0.1) is 0 Å². The van der Waals surface area contributed by atoms with Crippen LogP contribution in [0, 0.1) is 5.92 Å². The molecule has 2 N–H and O–H groups in total. The molecule has 0 radical (unpaired) electrons. The summed E-state index contributed by atoms with van der Waals surface area (Å²) in [5.74, 6) is 0.435. The molecule has 2 rings (SSSR count). The van der Waals surface area contributed by atoms with E-state index in [1.165, 1.54) is 29.3 Å². The van der Waals surface area contributed by atoms with Crippen molar-refractivity contribution in [1.29, 1.82) is 0 Å². The van der Waals surface area contributed by atoms with Crippen molar-refractivity contribution in [1.82, 2.24) is 4.31 Å². The number of benzene rings is 1. The Morgan fingerprint density at radius 3 is 2.48 bits per heavy atom. The predicted molar refractivity (Wildman–Crippen MR) is 86.1 cm³/mol. The molecule has 1 aliphatic rings. The van der Waals surface area contributed by atoms with Crippen LogP contribution in [0.1, 0.15) is 31.2 Å². The maximum Gasteiger partial charge on any atom is 0.244 e. The normalized spacial score (nSPS) is 16.8. The van der Waals surface area contributed by atoms with Gasteiger partial charge in [0.1, 0.15) is 4.90 Å². The van der Waals surface area contributed by atoms with Crippen molar-refractivity contribution in [2.75, 3.05) is 13.6 Å². The molecule has 7 heteroatoms. The van der Waals surface area contributed by atoms with Crippen LogP contribution < -0.4 is 5.73 Å². The molecule has 0 amide bonds. The lowest BCUT2D eigenvalue weighted by Gasteiger charge is -2.22. The van der Waals surface area contributed by atoms with E-state index in [1.54, 1.807) is 7.05 Å². The lowest BCUT2D eigenvalue weighted by Crippen LogP contribution is -2.31. The van der Waals surface area contributed by atoms with Gasteiger partial charge in [0.15, 0.2) is 0 Å². The fourth-order valence-electron chi connectivity index (χ4n) is 2.79. The van der Waals surface area contributed by atoms with E-state index in [4.69, 9.17) is 28.9 Å². The Labute approximate surface area is 136 Å². The van der Waals surface area contributed by atoms with Crippen LogP contribution in [0.5, 0.6) is 0 Å². The van der Waals surface area contributed by atoms with Crippen molar-refractivity contribution in [3.8, 4) is 0 Å². The van der Waals surface area contributed by atoms with Crippen molar-refractivity contribution in [2.24, 2.45) is 11.7 Å². The van der Waals surface area contributed by atoms with E-state index in [1.807, 2.05) is 0 Å². The molecule has 0 bridgehead atoms. The van der Waals surface area contributed by atoms with Crippen molar-refractivity contribution >= 4 is 33.2 Å². The first-order valence-electron chi connectivity index (χ1n) is 7.01. The van der Waals surface area contributed by atoms with E-state index in [0.29, 0.717) is 23.0 Å². The van der Waals surface area contributed by atoms with Crippen molar-refractivity contribution in [2.45, 2.75) is 37.1 Å². The Bertz CT molecular complexity index is 614. The third kappa shape index (κ3) is 3.54. The third-order valence-corrected chi connectivity index (χ3v) is 6.80. The van der Waals surface area contributed by atoms with E-state index in [2.05, 4.69) is 0 Å². The second kappa shape index (κ2) is 6.84. The van der Waals surface area contributed by atoms with Gasteiger partial charge in [0.05, 0.1) is 5.02 Å². The molecule has 0 atom stereocenters. The van der Waals surface area contributed by atoms with Crippen LogP contribution >= 0.6 is 23.2 Å². The first kappa shape index (κ1) is 17.0. The van der Waals surface area contributed by atoms with Crippen LogP contribution in [0.4, 0.5) is 0 Å². The van der Waals surface area contributed by atoms with Gasteiger partial charge in [-0.25, -0.2) is 12.7 Å². The molecule has 0 aliphatic heterocycles. The Balaban J connectivity index is 2.30. The summed E-state index contributed by atoms with van der Waals surface area (Å²) in [5.41, 5.74) is 6.06. The third-order valence-electron chi connectivity index (χ3n) is 4.03. The maximum atomic E-state index is 12.7. The van der Waals surface area contributed by atoms with E-state index in [-0.39, 0.29) is 16.5 Å². The molecule has 1 aromatic rings. The summed E-state index contributed by atoms with van der Waals surface area (Å²) < 4.78 is 26.7. The molecule has 118 valence electrons. The van der Waals surface area contributed by atoms with Gasteiger partial charge in [-0.1, -0.05) is 36.0 Å². The summed E-state index contributed by atoms with van der Waals surface area (Å²) in [4.78, 5) is 0.0783. The zero-order valence-electron chi connectivity index (χ0n) is 12.0. The molecule has 0 spiro atoms. The van der Waals surface area contributed by atoms with Gasteiger partial charge in [-0.3, -0.25) is 0 Å². The standard InChI is InChI=1S/C14H20Cl2N2O2S/c1-18(9-10-4-2-3-5-10)21(19,20)13-7-6-12(15)11(8-17)14(13)16/h6-7,10H,2-5,8-9,17H2,1H3. The fourth-order valence-corrected chi connectivity index (χ4v) is 4.94. The maximum absolute atomic E-state index is 12.7. The van der Waals surface area contributed by atoms with Gasteiger partial charge in [0, 0.05) is 30.7 Å². The molecule has 4 nitrogen and oxygen atoms in total. The van der Waals surface area contributed by atoms with E-state index >= 15 is 0 Å². The summed E-state index contributed by atoms with van der Waals surface area (Å²) in [6, 6.07) is 2.98. The molecule has 21 heavy (non-hydrogen) atoms. The van der Waals surface area contributed by atoms with Gasteiger partial charge < -0.3 is 5.73 Å². The van der Waals surface area contributed by atoms with E-state index in [9.17, 15) is 8.42 Å². The summed E-state index contributed by atoms with van der Waals surface area (Å²) >= 11 is 12.2. The second-order valence-corrected chi connectivity index (χ2v) is 8.28. The van der Waals surface area contributed by atoms with Crippen molar-refractivity contribution in [3.63, 3.8) is 0 Å². The van der Waals surface area contributed by atoms with Gasteiger partial charge >= 0.3 is 0 Å². The molecule has 0 saturated heterocycles. The van der Waals surface area contributed by atoms with Crippen molar-refractivity contribution < 1.29 is 8.42 Å². The molecule has 0 unspecified atom stereocenters. The van der Waals surface area contributed by atoms with Crippen LogP contribution in [-0.4, -0.2) is 26.3 Å². The summed E-state index contributed by atoms with van der Waals surface area (Å²) in [6.45, 7) is 0.632. The van der Waals surface area contributed by atoms with Gasteiger partial charge in [-0.05, 0) is 30.9 Å². The average molecular weight is 351 g/mol. The van der Waals surface area contributed by atoms with Gasteiger partial charge in [-0.2, -0.15) is 0 Å². The lowest BCUT2D eigenvalue weighted by molar-refractivity contribution is 0.387. The largest absolute Gasteiger partial charge is 0.326 e. The molecule has 1 aromatic carbocycles. The Hall–Kier alpha value is -0.330. The fraction of sp³-hybridized carbons (Fsp3) is 0.571. The predicted octanol–water partition coefficient (Wildman–Crippen LogP) is 3.26. The van der Waals surface area contributed by atoms with Gasteiger partial charge in [0.2, 0.25) is 10.0 Å². The zero-order chi connectivity index (χ0) is 15.6. The molecule has 1 aliphatic carbocycles. The second-order valence-electron chi connectivity index (χ2n) is 5.48. The average Bonchev–Trinajstić information content (AvgIpc) is 2.91. The number of sulfonamides is 1. The molecular formula is C14H20Cl2N2O2S. The highest BCUT2D eigenvalue weighted by Gasteiger charge is 2.28. The summed E-state index contributed by atoms with van der Waals surface area (Å²) in [7, 11) is -2.02. The summed E-state index contributed by atoms with van der Waals surface area (Å²) in [6.07, 6.45) is 4.53. The minimum Gasteiger partial charge on any atom is -0.326 e. The SMILES string of the molecule is CN(CC1CCCC1)S(=O)(=O)c1ccc(Cl)c(CN)c1Cl. The van der Waals surface area contributed by atoms with Crippen LogP contribution in [0.2, 0.25) is 10.0 Å². The Morgan fingerprint density at radius 2 is 1.90 bits per heavy atom. The Kier molecular flexibility index (Phi) is 5.54. The highest BCUT2D eigenvalue weighted by atomic mass is 35.5. The molecular weight excluding hydrogens is 331 g/mol. The van der Waals surface area contributed by atoms with Crippen LogP contribution in [0.3, 0.4) is 0 Å². The van der Waals surface area contributed by atoms with Crippen LogP contribution in [-0.2, 0) is 16.6 Å². The minimum absolute atomic E-state index is 0.0783. The first-order chi connectivity index (χ1) is 9.87. The summed E-state index contributed by atoms with van der Waals surface area (Å²) in [5, 5.41) is 0.517. The molecule has 1 saturated carbocycles. The smallest absolute Gasteiger partial charge is 0.244 e. The number of halogens is 2. The molecule has 1 fully saturated rings. The number of hydrogen-bond acceptors (Lipinski definition) is 3. The minimum atomic E-state index is -3.62. The van der Waals surface area contributed by atoms with Gasteiger partial charge in [0.25, 0.3) is 0 Å². The highest BCUT2D eigenvalue weighted by molar-refractivity contribution is 7.89. The highest BCUT2D eigenvalue weighted by Crippen LogP contribution is 2.33. The quantitative estimate of drug-likeness (QED) is 0.886. The van der Waals surface area contributed by atoms with E-state index < -0.39 is 10.0 Å². The zero-order valence-corrected chi connectivity index (χ0v) is 14.3. The van der Waals surface area contributed by atoms with E-state index in [0.717, 1.165) is 12.8 Å².